The van der Waals surface area contributed by atoms with Crippen molar-refractivity contribution in [3.05, 3.63) is 30.3 Å². The topological polar surface area (TPSA) is 31.6 Å². The van der Waals surface area contributed by atoms with Crippen LogP contribution in [0.4, 0.5) is 0 Å². The number of hydrogen-bond acceptors (Lipinski definition) is 3. The lowest BCUT2D eigenvalue weighted by Gasteiger charge is -2.14. The van der Waals surface area contributed by atoms with Crippen LogP contribution in [0, 0.1) is 0 Å². The first-order chi connectivity index (χ1) is 8.33. The fourth-order valence-corrected chi connectivity index (χ4v) is 3.45. The van der Waals surface area contributed by atoms with Gasteiger partial charge < -0.3 is 13.9 Å². The SMILES string of the molecule is CCOC(OCC)[SiH2]c1cc2ccccc2o1. The lowest BCUT2D eigenvalue weighted by atomic mass is 10.3. The molecule has 92 valence electrons. The average Bonchev–Trinajstić information content (AvgIpc) is 2.71. The van der Waals surface area contributed by atoms with Gasteiger partial charge in [-0.25, -0.2) is 0 Å². The normalized spacial score (nSPS) is 12.2. The highest BCUT2D eigenvalue weighted by molar-refractivity contribution is 6.53. The van der Waals surface area contributed by atoms with Gasteiger partial charge >= 0.3 is 0 Å². The maximum atomic E-state index is 5.79. The van der Waals surface area contributed by atoms with E-state index in [1.54, 1.807) is 0 Å². The first-order valence-corrected chi connectivity index (χ1v) is 7.56. The summed E-state index contributed by atoms with van der Waals surface area (Å²) in [5.41, 5.74) is 0.946. The Hall–Kier alpha value is -1.10. The fraction of sp³-hybridized carbons (Fsp3) is 0.385. The summed E-state index contributed by atoms with van der Waals surface area (Å²) in [4.78, 5) is 0. The largest absolute Gasteiger partial charge is 0.467 e. The van der Waals surface area contributed by atoms with E-state index in [0.717, 1.165) is 16.4 Å². The zero-order chi connectivity index (χ0) is 12.1. The lowest BCUT2D eigenvalue weighted by molar-refractivity contribution is -0.0819. The van der Waals surface area contributed by atoms with E-state index >= 15 is 0 Å². The molecular formula is C13H18O3Si. The molecule has 0 aliphatic carbocycles. The van der Waals surface area contributed by atoms with E-state index in [9.17, 15) is 0 Å². The van der Waals surface area contributed by atoms with Gasteiger partial charge in [-0.05, 0) is 26.0 Å². The summed E-state index contributed by atoms with van der Waals surface area (Å²) in [5, 5.41) is 2.19. The van der Waals surface area contributed by atoms with E-state index < -0.39 is 9.52 Å². The van der Waals surface area contributed by atoms with Crippen molar-refractivity contribution >= 4 is 25.9 Å². The molecule has 0 aliphatic rings. The van der Waals surface area contributed by atoms with Crippen LogP contribution in [0.15, 0.2) is 34.7 Å². The summed E-state index contributed by atoms with van der Waals surface area (Å²) in [7, 11) is -0.690. The Bertz CT molecular complexity index is 427. The molecule has 0 radical (unpaired) electrons. The molecule has 0 bridgehead atoms. The first-order valence-electron chi connectivity index (χ1n) is 6.04. The van der Waals surface area contributed by atoms with E-state index in [1.807, 2.05) is 32.0 Å². The summed E-state index contributed by atoms with van der Waals surface area (Å²) >= 11 is 0. The quantitative estimate of drug-likeness (QED) is 0.576. The molecule has 0 unspecified atom stereocenters. The molecule has 0 saturated carbocycles. The Morgan fingerprint density at radius 1 is 1.18 bits per heavy atom. The molecule has 0 amide bonds. The molecule has 1 aromatic heterocycles. The Morgan fingerprint density at radius 2 is 1.88 bits per heavy atom. The molecule has 0 fully saturated rings. The number of rotatable bonds is 6. The maximum absolute atomic E-state index is 5.79. The van der Waals surface area contributed by atoms with Crippen molar-refractivity contribution in [2.75, 3.05) is 13.2 Å². The van der Waals surface area contributed by atoms with Crippen LogP contribution < -0.4 is 5.38 Å². The number of benzene rings is 1. The molecule has 3 nitrogen and oxygen atoms in total. The highest BCUT2D eigenvalue weighted by Gasteiger charge is 2.13. The molecule has 17 heavy (non-hydrogen) atoms. The second kappa shape index (κ2) is 6.00. The number of fused-ring (bicyclic) bond motifs is 1. The highest BCUT2D eigenvalue weighted by Crippen LogP contribution is 2.12. The lowest BCUT2D eigenvalue weighted by Crippen LogP contribution is -2.32. The molecule has 0 aliphatic heterocycles. The number of para-hydroxylation sites is 1. The molecule has 1 heterocycles. The van der Waals surface area contributed by atoms with E-state index in [0.29, 0.717) is 13.2 Å². The van der Waals surface area contributed by atoms with E-state index in [4.69, 9.17) is 13.9 Å². The minimum Gasteiger partial charge on any atom is -0.467 e. The van der Waals surface area contributed by atoms with Gasteiger partial charge in [0.15, 0.2) is 9.52 Å². The molecule has 0 atom stereocenters. The second-order valence-corrected chi connectivity index (χ2v) is 5.57. The third-order valence-corrected chi connectivity index (χ3v) is 4.11. The second-order valence-electron chi connectivity index (χ2n) is 3.79. The predicted octanol–water partition coefficient (Wildman–Crippen LogP) is 1.58. The molecule has 2 rings (SSSR count). The molecule has 2 aromatic rings. The van der Waals surface area contributed by atoms with E-state index in [2.05, 4.69) is 12.1 Å². The van der Waals surface area contributed by atoms with Crippen molar-refractivity contribution in [2.45, 2.75) is 19.8 Å². The molecule has 0 spiro atoms. The summed E-state index contributed by atoms with van der Waals surface area (Å²) in [6.07, 6.45) is 0. The van der Waals surface area contributed by atoms with E-state index in [1.165, 1.54) is 0 Å². The van der Waals surface area contributed by atoms with Crippen molar-refractivity contribution in [1.29, 1.82) is 0 Å². The van der Waals surface area contributed by atoms with Gasteiger partial charge in [-0.2, -0.15) is 0 Å². The van der Waals surface area contributed by atoms with Crippen LogP contribution in [0.25, 0.3) is 11.0 Å². The van der Waals surface area contributed by atoms with Crippen molar-refractivity contribution in [1.82, 2.24) is 0 Å². The molecule has 0 saturated heterocycles. The van der Waals surface area contributed by atoms with Crippen LogP contribution in [0.3, 0.4) is 0 Å². The van der Waals surface area contributed by atoms with Gasteiger partial charge in [0.25, 0.3) is 0 Å². The zero-order valence-electron chi connectivity index (χ0n) is 10.3. The van der Waals surface area contributed by atoms with Crippen LogP contribution in [0.1, 0.15) is 13.8 Å². The van der Waals surface area contributed by atoms with Gasteiger partial charge in [0.2, 0.25) is 0 Å². The van der Waals surface area contributed by atoms with Crippen molar-refractivity contribution in [3.8, 4) is 0 Å². The highest BCUT2D eigenvalue weighted by atomic mass is 28.2. The van der Waals surface area contributed by atoms with Gasteiger partial charge in [0.1, 0.15) is 11.5 Å². The smallest absolute Gasteiger partial charge is 0.167 e. The Balaban J connectivity index is 2.10. The maximum Gasteiger partial charge on any atom is 0.167 e. The molecule has 1 aromatic carbocycles. The summed E-state index contributed by atoms with van der Waals surface area (Å²) in [6, 6.07) is 10.2. The summed E-state index contributed by atoms with van der Waals surface area (Å²) < 4.78 is 16.9. The van der Waals surface area contributed by atoms with E-state index in [-0.39, 0.29) is 5.91 Å². The number of furan rings is 1. The van der Waals surface area contributed by atoms with Gasteiger partial charge in [0, 0.05) is 18.6 Å². The Morgan fingerprint density at radius 3 is 2.53 bits per heavy atom. The molecule has 4 heteroatoms. The monoisotopic (exact) mass is 250 g/mol. The summed E-state index contributed by atoms with van der Waals surface area (Å²) in [6.45, 7) is 5.33. The average molecular weight is 250 g/mol. The minimum atomic E-state index is -0.690. The summed E-state index contributed by atoms with van der Waals surface area (Å²) in [5.74, 6) is -0.0782. The Labute approximate surface area is 104 Å². The van der Waals surface area contributed by atoms with Gasteiger partial charge in [-0.3, -0.25) is 0 Å². The third kappa shape index (κ3) is 3.18. The fourth-order valence-electron chi connectivity index (χ4n) is 1.84. The van der Waals surface area contributed by atoms with Crippen LogP contribution in [0.2, 0.25) is 0 Å². The van der Waals surface area contributed by atoms with Crippen molar-refractivity contribution < 1.29 is 13.9 Å². The van der Waals surface area contributed by atoms with Crippen LogP contribution in [0.5, 0.6) is 0 Å². The van der Waals surface area contributed by atoms with Crippen LogP contribution in [-0.2, 0) is 9.47 Å². The Kier molecular flexibility index (Phi) is 4.36. The minimum absolute atomic E-state index is 0.0782. The zero-order valence-corrected chi connectivity index (χ0v) is 11.7. The van der Waals surface area contributed by atoms with Crippen LogP contribution in [-0.4, -0.2) is 28.6 Å². The van der Waals surface area contributed by atoms with Crippen molar-refractivity contribution in [3.63, 3.8) is 0 Å². The molecular weight excluding hydrogens is 232 g/mol. The molecule has 0 N–H and O–H groups in total. The van der Waals surface area contributed by atoms with Crippen LogP contribution >= 0.6 is 0 Å². The standard InChI is InChI=1S/C13H18O3Si/c1-3-14-13(15-4-2)17-12-9-10-7-5-6-8-11(10)16-12/h5-9,13H,3-4,17H2,1-2H3. The number of ether oxygens (including phenoxy) is 2. The predicted molar refractivity (Wildman–Crippen MR) is 71.4 cm³/mol. The number of hydrogen-bond donors (Lipinski definition) is 0. The first kappa shape index (κ1) is 12.4. The van der Waals surface area contributed by atoms with Gasteiger partial charge in [-0.15, -0.1) is 0 Å². The van der Waals surface area contributed by atoms with Gasteiger partial charge in [0.05, 0.1) is 5.38 Å². The van der Waals surface area contributed by atoms with Crippen molar-refractivity contribution in [2.24, 2.45) is 0 Å². The van der Waals surface area contributed by atoms with Gasteiger partial charge in [-0.1, -0.05) is 18.2 Å². The third-order valence-electron chi connectivity index (χ3n) is 2.55.